The fourth-order valence-electron chi connectivity index (χ4n) is 7.29. The van der Waals surface area contributed by atoms with E-state index in [-0.39, 0.29) is 29.8 Å². The van der Waals surface area contributed by atoms with E-state index in [9.17, 15) is 9.59 Å². The number of nitrogens with zero attached hydrogens (tertiary/aromatic N) is 7. The fourth-order valence-corrected chi connectivity index (χ4v) is 7.29. The van der Waals surface area contributed by atoms with Crippen molar-refractivity contribution in [3.8, 4) is 33.6 Å². The predicted octanol–water partition coefficient (Wildman–Crippen LogP) is 6.38. The summed E-state index contributed by atoms with van der Waals surface area (Å²) in [5.41, 5.74) is 6.00. The zero-order valence-electron chi connectivity index (χ0n) is 31.0. The van der Waals surface area contributed by atoms with E-state index in [0.29, 0.717) is 19.0 Å². The first kappa shape index (κ1) is 36.5. The van der Waals surface area contributed by atoms with Crippen LogP contribution in [0.3, 0.4) is 0 Å². The van der Waals surface area contributed by atoms with E-state index in [2.05, 4.69) is 88.6 Å². The number of aromatic amines is 2. The van der Waals surface area contributed by atoms with Crippen molar-refractivity contribution in [3.63, 3.8) is 0 Å². The maximum Gasteiger partial charge on any atom is 0.247 e. The van der Waals surface area contributed by atoms with Gasteiger partial charge in [-0.2, -0.15) is 4.89 Å². The average molecular weight is 731 g/mol. The highest BCUT2D eigenvalue weighted by Gasteiger charge is 2.37. The van der Waals surface area contributed by atoms with E-state index in [1.165, 1.54) is 7.11 Å². The molecule has 2 aromatic carbocycles. The molecule has 0 unspecified atom stereocenters. The molecule has 5 heterocycles. The van der Waals surface area contributed by atoms with Gasteiger partial charge >= 0.3 is 0 Å². The van der Waals surface area contributed by atoms with Gasteiger partial charge in [0.05, 0.1) is 43.0 Å². The number of rotatable bonds is 13. The predicted molar refractivity (Wildman–Crippen MR) is 205 cm³/mol. The first-order valence-electron chi connectivity index (χ1n) is 18.5. The molecular weight excluding hydrogens is 685 g/mol. The molecule has 0 spiro atoms. The zero-order valence-corrected chi connectivity index (χ0v) is 31.0. The number of nitrogens with one attached hydrogen (secondary N) is 3. The minimum absolute atomic E-state index is 0.0276. The highest BCUT2D eigenvalue weighted by atomic mass is 17.2. The molecule has 2 aliphatic heterocycles. The molecule has 0 saturated carbocycles. The lowest BCUT2D eigenvalue weighted by molar-refractivity contribution is -0.188. The molecular formula is C40H46N10O4. The number of aliphatic imine (C=N–C) groups is 1. The molecule has 2 fully saturated rings. The number of carbonyl (C=O) groups is 2. The van der Waals surface area contributed by atoms with Gasteiger partial charge in [0, 0.05) is 25.5 Å². The van der Waals surface area contributed by atoms with Gasteiger partial charge in [-0.15, -0.1) is 0 Å². The van der Waals surface area contributed by atoms with Gasteiger partial charge in [-0.05, 0) is 66.8 Å². The number of H-pyrrole nitrogens is 2. The van der Waals surface area contributed by atoms with Crippen LogP contribution in [0.25, 0.3) is 33.6 Å². The highest BCUT2D eigenvalue weighted by Crippen LogP contribution is 2.35. The Labute approximate surface area is 314 Å². The van der Waals surface area contributed by atoms with Gasteiger partial charge in [0.1, 0.15) is 23.7 Å². The maximum atomic E-state index is 13.8. The Balaban J connectivity index is 0.991. The molecule has 3 N–H and O–H groups in total. The van der Waals surface area contributed by atoms with E-state index in [1.807, 2.05) is 36.0 Å². The van der Waals surface area contributed by atoms with Crippen LogP contribution in [-0.4, -0.2) is 90.2 Å². The Morgan fingerprint density at radius 1 is 0.778 bits per heavy atom. The van der Waals surface area contributed by atoms with Crippen molar-refractivity contribution in [3.05, 3.63) is 91.0 Å². The lowest BCUT2D eigenvalue weighted by Gasteiger charge is -2.30. The summed E-state index contributed by atoms with van der Waals surface area (Å²) < 4.78 is 0. The molecule has 54 heavy (non-hydrogen) atoms. The standard InChI is InChI=1S/C40H46N10O4/c1-25(2)35(48-40-41-18-7-19-42-40)39(52)50-21-6-9-34(50)37-44-23-32(47-37)30-16-12-28(13-17-30)27-10-14-29(15-11-27)31-22-43-36(46-31)33-8-5-20-49(33)38(51)26(3)45-24-54-53-4/h7,10-19,22-26,33-35H,5-6,8-9,20-21H2,1-4H3,(H,43,46)(H,44,47)(H,41,42,48)/b45-24-/t26-,33-,34-,35-/m0/s1. The summed E-state index contributed by atoms with van der Waals surface area (Å²) in [6, 6.07) is 17.2. The first-order valence-corrected chi connectivity index (χ1v) is 18.5. The van der Waals surface area contributed by atoms with Gasteiger partial charge in [0.2, 0.25) is 24.2 Å². The third-order valence-corrected chi connectivity index (χ3v) is 10.2. The van der Waals surface area contributed by atoms with Crippen LogP contribution in [0.15, 0.2) is 84.4 Å². The van der Waals surface area contributed by atoms with Crippen LogP contribution in [0.1, 0.15) is 70.2 Å². The number of benzene rings is 2. The smallest absolute Gasteiger partial charge is 0.247 e. The number of aromatic nitrogens is 6. The minimum Gasteiger partial charge on any atom is -0.342 e. The van der Waals surface area contributed by atoms with E-state index < -0.39 is 12.1 Å². The Morgan fingerprint density at radius 3 is 1.78 bits per heavy atom. The van der Waals surface area contributed by atoms with Crippen molar-refractivity contribution < 1.29 is 19.4 Å². The van der Waals surface area contributed by atoms with Gasteiger partial charge in [-0.25, -0.2) is 24.9 Å². The minimum atomic E-state index is -0.587. The number of hydrogen-bond donors (Lipinski definition) is 3. The monoisotopic (exact) mass is 730 g/mol. The molecule has 2 saturated heterocycles. The zero-order chi connectivity index (χ0) is 37.6. The van der Waals surface area contributed by atoms with E-state index in [4.69, 9.17) is 9.87 Å². The van der Waals surface area contributed by atoms with E-state index >= 15 is 0 Å². The molecule has 0 bridgehead atoms. The highest BCUT2D eigenvalue weighted by molar-refractivity contribution is 5.85. The summed E-state index contributed by atoms with van der Waals surface area (Å²) in [5, 5.41) is 3.24. The Kier molecular flexibility index (Phi) is 11.1. The van der Waals surface area contributed by atoms with Crippen LogP contribution in [-0.2, 0) is 19.4 Å². The van der Waals surface area contributed by atoms with Crippen LogP contribution in [0.2, 0.25) is 0 Å². The fraction of sp³-hybridized carbons (Fsp3) is 0.375. The van der Waals surface area contributed by atoms with Gasteiger partial charge < -0.3 is 30.0 Å². The van der Waals surface area contributed by atoms with E-state index in [0.717, 1.165) is 77.4 Å². The van der Waals surface area contributed by atoms with Crippen LogP contribution in [0.5, 0.6) is 0 Å². The van der Waals surface area contributed by atoms with Gasteiger partial charge in [-0.3, -0.25) is 9.59 Å². The largest absolute Gasteiger partial charge is 0.342 e. The molecule has 280 valence electrons. The quantitative estimate of drug-likeness (QED) is 0.0539. The summed E-state index contributed by atoms with van der Waals surface area (Å²) in [6.07, 6.45) is 11.6. The van der Waals surface area contributed by atoms with Gasteiger partial charge in [0.15, 0.2) is 0 Å². The summed E-state index contributed by atoms with van der Waals surface area (Å²) in [4.78, 5) is 68.9. The van der Waals surface area contributed by atoms with Crippen LogP contribution < -0.4 is 5.32 Å². The van der Waals surface area contributed by atoms with Crippen molar-refractivity contribution in [2.45, 2.75) is 70.6 Å². The van der Waals surface area contributed by atoms with Crippen molar-refractivity contribution in [2.24, 2.45) is 10.9 Å². The lowest BCUT2D eigenvalue weighted by Crippen LogP contribution is -2.45. The molecule has 7 rings (SSSR count). The number of carbonyl (C=O) groups excluding carboxylic acids is 2. The molecule has 14 nitrogen and oxygen atoms in total. The molecule has 5 aromatic rings. The summed E-state index contributed by atoms with van der Waals surface area (Å²) in [6.45, 7) is 7.13. The number of hydrogen-bond acceptors (Lipinski definition) is 10. The van der Waals surface area contributed by atoms with Crippen molar-refractivity contribution in [1.82, 2.24) is 39.7 Å². The number of amides is 2. The molecule has 2 aliphatic rings. The molecule has 14 heteroatoms. The van der Waals surface area contributed by atoms with Crippen LogP contribution >= 0.6 is 0 Å². The average Bonchev–Trinajstić information content (AvgIpc) is 4.04. The Hall–Kier alpha value is -5.89. The molecule has 4 atom stereocenters. The third-order valence-electron chi connectivity index (χ3n) is 10.2. The van der Waals surface area contributed by atoms with Crippen molar-refractivity contribution in [2.75, 3.05) is 25.5 Å². The summed E-state index contributed by atoms with van der Waals surface area (Å²) in [7, 11) is 1.38. The summed E-state index contributed by atoms with van der Waals surface area (Å²) >= 11 is 0. The van der Waals surface area contributed by atoms with Crippen LogP contribution in [0.4, 0.5) is 5.95 Å². The third kappa shape index (κ3) is 7.88. The van der Waals surface area contributed by atoms with Crippen LogP contribution in [0, 0.1) is 5.92 Å². The molecule has 0 radical (unpaired) electrons. The first-order chi connectivity index (χ1) is 26.3. The Morgan fingerprint density at radius 2 is 1.28 bits per heavy atom. The maximum absolute atomic E-state index is 13.8. The second-order valence-electron chi connectivity index (χ2n) is 14.0. The lowest BCUT2D eigenvalue weighted by atomic mass is 10.0. The Bertz CT molecular complexity index is 2040. The van der Waals surface area contributed by atoms with Crippen molar-refractivity contribution >= 4 is 24.2 Å². The van der Waals surface area contributed by atoms with E-state index in [1.54, 1.807) is 25.4 Å². The molecule has 3 aromatic heterocycles. The second-order valence-corrected chi connectivity index (χ2v) is 14.0. The summed E-state index contributed by atoms with van der Waals surface area (Å²) in [5.74, 6) is 2.00. The number of anilines is 1. The van der Waals surface area contributed by atoms with Crippen molar-refractivity contribution in [1.29, 1.82) is 0 Å². The topological polar surface area (TPSA) is 167 Å². The SMILES string of the molecule is COO/C=N\[C@@H](C)C(=O)N1CCC[C@H]1c1ncc(-c2ccc(-c3ccc(-c4cnc([C@@H]5CCCN5C(=O)[C@@H](Nc5ncccn5)C(C)C)[nH]4)cc3)cc2)[nH]1. The van der Waals surface area contributed by atoms with Gasteiger partial charge in [-0.1, -0.05) is 62.4 Å². The second kappa shape index (κ2) is 16.4. The molecule has 2 amide bonds. The van der Waals surface area contributed by atoms with Gasteiger partial charge in [0.25, 0.3) is 0 Å². The number of likely N-dealkylation sites (tertiary alicyclic amines) is 2. The normalized spacial score (nSPS) is 18.4. The number of imidazole rings is 2. The molecule has 0 aliphatic carbocycles.